The number of rotatable bonds is 0. The average Bonchev–Trinajstić information content (AvgIpc) is 1.99. The first-order valence-corrected chi connectivity index (χ1v) is 4.87. The van der Waals surface area contributed by atoms with Crippen LogP contribution in [0.5, 0.6) is 0 Å². The molecular weight excluding hydrogens is 150 g/mol. The van der Waals surface area contributed by atoms with Crippen molar-refractivity contribution in [2.45, 2.75) is 45.3 Å². The monoisotopic (exact) mass is 169 g/mol. The molecule has 3 saturated carbocycles. The molecule has 4 atom stereocenters. The molecule has 0 radical (unpaired) electrons. The van der Waals surface area contributed by atoms with Crippen LogP contribution in [0.2, 0.25) is 0 Å². The first kappa shape index (κ1) is 8.52. The first-order chi connectivity index (χ1) is 5.39. The fraction of sp³-hybridized carbons (Fsp3) is 1.00. The maximum absolute atomic E-state index is 10.3. The highest BCUT2D eigenvalue weighted by Crippen LogP contribution is 2.63. The number of nitrogens with two attached hydrogens (primary N) is 1. The number of fused-ring (bicyclic) bond motifs is 2. The summed E-state index contributed by atoms with van der Waals surface area (Å²) < 4.78 is 0. The maximum atomic E-state index is 10.3. The van der Waals surface area contributed by atoms with Crippen LogP contribution in [0.15, 0.2) is 0 Å². The van der Waals surface area contributed by atoms with Gasteiger partial charge in [-0.05, 0) is 24.2 Å². The van der Waals surface area contributed by atoms with Crippen LogP contribution in [0.4, 0.5) is 0 Å². The molecule has 3 N–H and O–H groups in total. The Bertz CT molecular complexity index is 212. The third-order valence-electron chi connectivity index (χ3n) is 4.65. The van der Waals surface area contributed by atoms with Gasteiger partial charge in [0.1, 0.15) is 0 Å². The number of aliphatic hydroxyl groups is 1. The van der Waals surface area contributed by atoms with Crippen molar-refractivity contribution >= 4 is 0 Å². The fourth-order valence-corrected chi connectivity index (χ4v) is 3.15. The van der Waals surface area contributed by atoms with Gasteiger partial charge in [0.2, 0.25) is 0 Å². The van der Waals surface area contributed by atoms with Gasteiger partial charge in [-0.25, -0.2) is 0 Å². The third kappa shape index (κ3) is 0.686. The summed E-state index contributed by atoms with van der Waals surface area (Å²) in [4.78, 5) is 0. The topological polar surface area (TPSA) is 46.2 Å². The van der Waals surface area contributed by atoms with Crippen molar-refractivity contribution in [3.8, 4) is 0 Å². The van der Waals surface area contributed by atoms with Gasteiger partial charge in [-0.1, -0.05) is 20.8 Å². The fourth-order valence-electron chi connectivity index (χ4n) is 3.15. The zero-order valence-electron chi connectivity index (χ0n) is 8.17. The van der Waals surface area contributed by atoms with E-state index in [1.807, 2.05) is 0 Å². The van der Waals surface area contributed by atoms with Gasteiger partial charge >= 0.3 is 0 Å². The van der Waals surface area contributed by atoms with E-state index in [9.17, 15) is 5.11 Å². The van der Waals surface area contributed by atoms with E-state index in [0.29, 0.717) is 5.92 Å². The van der Waals surface area contributed by atoms with E-state index in [4.69, 9.17) is 5.73 Å². The Kier molecular flexibility index (Phi) is 1.45. The van der Waals surface area contributed by atoms with Gasteiger partial charge in [0.25, 0.3) is 0 Å². The van der Waals surface area contributed by atoms with Crippen LogP contribution in [0.1, 0.15) is 33.6 Å². The van der Waals surface area contributed by atoms with Crippen molar-refractivity contribution in [3.63, 3.8) is 0 Å². The summed E-state index contributed by atoms with van der Waals surface area (Å²) in [7, 11) is 0. The molecule has 0 aromatic rings. The molecule has 0 heterocycles. The van der Waals surface area contributed by atoms with E-state index in [1.54, 1.807) is 0 Å². The molecule has 0 aliphatic heterocycles. The Hall–Kier alpha value is -0.0800. The molecule has 2 bridgehead atoms. The van der Waals surface area contributed by atoms with Crippen molar-refractivity contribution in [2.75, 3.05) is 0 Å². The Morgan fingerprint density at radius 3 is 2.42 bits per heavy atom. The van der Waals surface area contributed by atoms with E-state index in [1.165, 1.54) is 0 Å². The molecule has 0 spiro atoms. The molecular formula is C10H19NO. The molecule has 0 aromatic heterocycles. The molecule has 3 aliphatic rings. The lowest BCUT2D eigenvalue weighted by Gasteiger charge is -2.67. The molecule has 0 unspecified atom stereocenters. The summed E-state index contributed by atoms with van der Waals surface area (Å²) in [5.41, 5.74) is 5.57. The number of hydrogen-bond donors (Lipinski definition) is 2. The smallest absolute Gasteiger partial charge is 0.0744 e. The van der Waals surface area contributed by atoms with Gasteiger partial charge < -0.3 is 10.8 Å². The average molecular weight is 169 g/mol. The summed E-state index contributed by atoms with van der Waals surface area (Å²) in [6, 6.07) is 0.210. The van der Waals surface area contributed by atoms with E-state index in [2.05, 4.69) is 20.8 Å². The van der Waals surface area contributed by atoms with E-state index in [0.717, 1.165) is 12.8 Å². The standard InChI is InChI=1S/C10H19NO/c1-6-8(11)4-7-5-10(6,12)9(7,2)3/h6-8,12H,4-5,11H2,1-3H3/t6-,7+,8+,10-/m0/s1. The minimum atomic E-state index is -0.477. The van der Waals surface area contributed by atoms with Crippen LogP contribution in [0, 0.1) is 17.3 Å². The van der Waals surface area contributed by atoms with Gasteiger partial charge in [0, 0.05) is 12.0 Å². The largest absolute Gasteiger partial charge is 0.389 e. The summed E-state index contributed by atoms with van der Waals surface area (Å²) in [6.45, 7) is 6.43. The van der Waals surface area contributed by atoms with Crippen molar-refractivity contribution in [1.29, 1.82) is 0 Å². The molecule has 3 aliphatic carbocycles. The second-order valence-electron chi connectivity index (χ2n) is 5.24. The molecule has 2 nitrogen and oxygen atoms in total. The van der Waals surface area contributed by atoms with Gasteiger partial charge in [0.05, 0.1) is 5.60 Å². The summed E-state index contributed by atoms with van der Waals surface area (Å²) in [5.74, 6) is 0.909. The normalized spacial score (nSPS) is 56.2. The van der Waals surface area contributed by atoms with Gasteiger partial charge in [-0.3, -0.25) is 0 Å². The van der Waals surface area contributed by atoms with Crippen molar-refractivity contribution < 1.29 is 5.11 Å². The Labute approximate surface area is 74.1 Å². The molecule has 0 amide bonds. The van der Waals surface area contributed by atoms with E-state index in [-0.39, 0.29) is 17.4 Å². The lowest BCUT2D eigenvalue weighted by molar-refractivity contribution is -0.256. The van der Waals surface area contributed by atoms with Crippen LogP contribution in [-0.2, 0) is 0 Å². The Morgan fingerprint density at radius 2 is 2.00 bits per heavy atom. The Balaban J connectivity index is 2.30. The lowest BCUT2D eigenvalue weighted by Crippen LogP contribution is -2.71. The molecule has 70 valence electrons. The van der Waals surface area contributed by atoms with Crippen LogP contribution in [0.25, 0.3) is 0 Å². The van der Waals surface area contributed by atoms with Crippen LogP contribution in [-0.4, -0.2) is 16.7 Å². The van der Waals surface area contributed by atoms with Gasteiger partial charge in [-0.2, -0.15) is 0 Å². The summed E-state index contributed by atoms with van der Waals surface area (Å²) in [6.07, 6.45) is 2.06. The highest BCUT2D eigenvalue weighted by molar-refractivity contribution is 5.17. The Morgan fingerprint density at radius 1 is 1.42 bits per heavy atom. The van der Waals surface area contributed by atoms with Gasteiger partial charge in [-0.15, -0.1) is 0 Å². The molecule has 0 aromatic carbocycles. The molecule has 3 rings (SSSR count). The maximum Gasteiger partial charge on any atom is 0.0744 e. The predicted molar refractivity (Wildman–Crippen MR) is 48.6 cm³/mol. The molecule has 2 heteroatoms. The van der Waals surface area contributed by atoms with Gasteiger partial charge in [0.15, 0.2) is 0 Å². The van der Waals surface area contributed by atoms with Crippen molar-refractivity contribution in [3.05, 3.63) is 0 Å². The minimum absolute atomic E-state index is 0.0995. The summed E-state index contributed by atoms with van der Waals surface area (Å²) >= 11 is 0. The van der Waals surface area contributed by atoms with Crippen molar-refractivity contribution in [2.24, 2.45) is 23.0 Å². The van der Waals surface area contributed by atoms with E-state index < -0.39 is 5.60 Å². The minimum Gasteiger partial charge on any atom is -0.389 e. The zero-order valence-corrected chi connectivity index (χ0v) is 8.17. The van der Waals surface area contributed by atoms with Crippen LogP contribution in [0.3, 0.4) is 0 Å². The van der Waals surface area contributed by atoms with E-state index >= 15 is 0 Å². The predicted octanol–water partition coefficient (Wildman–Crippen LogP) is 1.13. The molecule has 3 fully saturated rings. The number of hydrogen-bond acceptors (Lipinski definition) is 2. The zero-order chi connectivity index (χ0) is 9.15. The first-order valence-electron chi connectivity index (χ1n) is 4.87. The SMILES string of the molecule is C[C@H]1[C@H](N)C[C@@H]2C[C@@]1(O)C2(C)C. The lowest BCUT2D eigenvalue weighted by atomic mass is 9.42. The highest BCUT2D eigenvalue weighted by atomic mass is 16.3. The molecule has 12 heavy (non-hydrogen) atoms. The quantitative estimate of drug-likeness (QED) is 0.571. The highest BCUT2D eigenvalue weighted by Gasteiger charge is 2.65. The van der Waals surface area contributed by atoms with Crippen molar-refractivity contribution in [1.82, 2.24) is 0 Å². The third-order valence-corrected chi connectivity index (χ3v) is 4.65. The van der Waals surface area contributed by atoms with Crippen LogP contribution < -0.4 is 5.73 Å². The van der Waals surface area contributed by atoms with Crippen LogP contribution >= 0.6 is 0 Å². The summed E-state index contributed by atoms with van der Waals surface area (Å²) in [5, 5.41) is 10.3. The molecule has 0 saturated heterocycles. The second kappa shape index (κ2) is 2.05. The second-order valence-corrected chi connectivity index (χ2v) is 5.24.